The summed E-state index contributed by atoms with van der Waals surface area (Å²) in [7, 11) is 0. The minimum Gasteiger partial charge on any atom is -0.389 e. The first-order valence-corrected chi connectivity index (χ1v) is 14.4. The highest BCUT2D eigenvalue weighted by Crippen LogP contribution is 2.72. The molecule has 6 rings (SSSR count). The molecule has 0 saturated heterocycles. The predicted molar refractivity (Wildman–Crippen MR) is 146 cm³/mol. The quantitative estimate of drug-likeness (QED) is 0.430. The highest BCUT2D eigenvalue weighted by atomic mass is 16.3. The van der Waals surface area contributed by atoms with Gasteiger partial charge < -0.3 is 5.11 Å². The van der Waals surface area contributed by atoms with Gasteiger partial charge in [0.25, 0.3) is 0 Å². The molecule has 0 aliphatic heterocycles. The summed E-state index contributed by atoms with van der Waals surface area (Å²) in [5, 5.41) is 12.4. The summed E-state index contributed by atoms with van der Waals surface area (Å²) < 4.78 is 0. The molecule has 0 heterocycles. The molecule has 2 spiro atoms. The number of benzene rings is 1. The molecule has 0 aromatic heterocycles. The van der Waals surface area contributed by atoms with Crippen LogP contribution in [-0.2, 0) is 6.42 Å². The molecule has 1 N–H and O–H groups in total. The van der Waals surface area contributed by atoms with E-state index >= 15 is 0 Å². The molecular weight excluding hydrogens is 424 g/mol. The van der Waals surface area contributed by atoms with Crippen molar-refractivity contribution in [1.82, 2.24) is 0 Å². The van der Waals surface area contributed by atoms with Gasteiger partial charge in [0.05, 0.1) is 5.60 Å². The van der Waals surface area contributed by atoms with Crippen molar-refractivity contribution in [3.8, 4) is 0 Å². The van der Waals surface area contributed by atoms with Crippen LogP contribution in [0.25, 0.3) is 0 Å². The Morgan fingerprint density at radius 1 is 1.09 bits per heavy atom. The summed E-state index contributed by atoms with van der Waals surface area (Å²) in [6.45, 7) is 8.92. The average molecular weight is 469 g/mol. The number of rotatable bonds is 5. The number of aryl methyl sites for hydroxylation is 1. The third-order valence-corrected chi connectivity index (χ3v) is 11.5. The lowest BCUT2D eigenvalue weighted by atomic mass is 9.44. The second-order valence-electron chi connectivity index (χ2n) is 12.8. The van der Waals surface area contributed by atoms with Crippen LogP contribution < -0.4 is 0 Å². The maximum absolute atomic E-state index is 12.4. The molecule has 186 valence electrons. The van der Waals surface area contributed by atoms with Gasteiger partial charge in [0.2, 0.25) is 0 Å². The van der Waals surface area contributed by atoms with Gasteiger partial charge in [-0.05, 0) is 107 Å². The molecule has 0 bridgehead atoms. The van der Waals surface area contributed by atoms with Crippen molar-refractivity contribution >= 4 is 0 Å². The largest absolute Gasteiger partial charge is 0.389 e. The van der Waals surface area contributed by atoms with E-state index in [0.717, 1.165) is 19.3 Å². The Bertz CT molecular complexity index is 1080. The summed E-state index contributed by atoms with van der Waals surface area (Å²) in [6, 6.07) is 10.9. The van der Waals surface area contributed by atoms with Crippen molar-refractivity contribution in [3.63, 3.8) is 0 Å². The van der Waals surface area contributed by atoms with Gasteiger partial charge >= 0.3 is 0 Å². The second kappa shape index (κ2) is 8.62. The van der Waals surface area contributed by atoms with Gasteiger partial charge in [-0.1, -0.05) is 84.4 Å². The van der Waals surface area contributed by atoms with Crippen LogP contribution in [0.4, 0.5) is 0 Å². The molecule has 35 heavy (non-hydrogen) atoms. The van der Waals surface area contributed by atoms with Crippen LogP contribution in [0.15, 0.2) is 77.9 Å². The summed E-state index contributed by atoms with van der Waals surface area (Å²) >= 11 is 0. The molecule has 1 aromatic carbocycles. The van der Waals surface area contributed by atoms with Crippen molar-refractivity contribution in [2.75, 3.05) is 0 Å². The normalized spacial score (nSPS) is 42.0. The van der Waals surface area contributed by atoms with E-state index in [1.807, 2.05) is 0 Å². The number of aliphatic hydroxyl groups is 1. The third kappa shape index (κ3) is 3.44. The van der Waals surface area contributed by atoms with E-state index in [2.05, 4.69) is 75.1 Å². The van der Waals surface area contributed by atoms with Crippen LogP contribution in [0.5, 0.6) is 0 Å². The van der Waals surface area contributed by atoms with Gasteiger partial charge in [-0.25, -0.2) is 0 Å². The number of allylic oxidation sites excluding steroid dienone is 7. The fourth-order valence-electron chi connectivity index (χ4n) is 9.63. The topological polar surface area (TPSA) is 20.2 Å². The SMILES string of the molecule is C=C(C)[C@@H]1CC[C@]23CC=C[C@H]4[C@H]([C@@]5(O)CCC[C@@H]5CCc5ccccc5)CC[C@@]42C=CC(C)=C3C1. The molecule has 0 amide bonds. The summed E-state index contributed by atoms with van der Waals surface area (Å²) in [5.41, 5.74) is 5.97. The Hall–Kier alpha value is -1.86. The van der Waals surface area contributed by atoms with E-state index in [-0.39, 0.29) is 10.8 Å². The Labute approximate surface area is 213 Å². The Morgan fingerprint density at radius 3 is 2.71 bits per heavy atom. The van der Waals surface area contributed by atoms with Crippen molar-refractivity contribution in [3.05, 3.63) is 83.5 Å². The predicted octanol–water partition coefficient (Wildman–Crippen LogP) is 8.37. The molecule has 1 nitrogen and oxygen atoms in total. The molecule has 3 saturated carbocycles. The van der Waals surface area contributed by atoms with E-state index in [1.165, 1.54) is 68.1 Å². The van der Waals surface area contributed by atoms with Gasteiger partial charge in [-0.2, -0.15) is 0 Å². The maximum Gasteiger partial charge on any atom is 0.0709 e. The zero-order valence-electron chi connectivity index (χ0n) is 21.9. The highest BCUT2D eigenvalue weighted by Gasteiger charge is 2.66. The van der Waals surface area contributed by atoms with Crippen LogP contribution in [0.2, 0.25) is 0 Å². The molecular formula is C34H44O. The number of hydrogen-bond acceptors (Lipinski definition) is 1. The summed E-state index contributed by atoms with van der Waals surface area (Å²) in [4.78, 5) is 0. The fraction of sp³-hybridized carbons (Fsp3) is 0.588. The maximum atomic E-state index is 12.4. The smallest absolute Gasteiger partial charge is 0.0709 e. The van der Waals surface area contributed by atoms with Crippen molar-refractivity contribution in [2.45, 2.75) is 90.1 Å². The van der Waals surface area contributed by atoms with Gasteiger partial charge in [-0.3, -0.25) is 0 Å². The Kier molecular flexibility index (Phi) is 5.79. The van der Waals surface area contributed by atoms with E-state index in [4.69, 9.17) is 0 Å². The number of hydrogen-bond donors (Lipinski definition) is 1. The summed E-state index contributed by atoms with van der Waals surface area (Å²) in [6.07, 6.45) is 23.1. The average Bonchev–Trinajstić information content (AvgIpc) is 3.44. The molecule has 1 heteroatoms. The van der Waals surface area contributed by atoms with Crippen molar-refractivity contribution in [2.24, 2.45) is 34.5 Å². The Morgan fingerprint density at radius 2 is 1.91 bits per heavy atom. The Balaban J connectivity index is 1.31. The van der Waals surface area contributed by atoms with Crippen molar-refractivity contribution < 1.29 is 5.11 Å². The van der Waals surface area contributed by atoms with Gasteiger partial charge in [-0.15, -0.1) is 0 Å². The molecule has 1 aromatic rings. The van der Waals surface area contributed by atoms with Gasteiger partial charge in [0.1, 0.15) is 0 Å². The van der Waals surface area contributed by atoms with E-state index in [9.17, 15) is 5.11 Å². The molecule has 0 unspecified atom stereocenters. The zero-order valence-corrected chi connectivity index (χ0v) is 21.9. The van der Waals surface area contributed by atoms with Crippen LogP contribution in [0.3, 0.4) is 0 Å². The van der Waals surface area contributed by atoms with E-state index in [0.29, 0.717) is 23.7 Å². The van der Waals surface area contributed by atoms with E-state index in [1.54, 1.807) is 5.57 Å². The molecule has 5 aliphatic carbocycles. The lowest BCUT2D eigenvalue weighted by Gasteiger charge is -2.60. The van der Waals surface area contributed by atoms with E-state index < -0.39 is 5.60 Å². The molecule has 0 radical (unpaired) electrons. The van der Waals surface area contributed by atoms with Crippen LogP contribution in [-0.4, -0.2) is 10.7 Å². The molecule has 7 atom stereocenters. The zero-order chi connectivity index (χ0) is 24.3. The second-order valence-corrected chi connectivity index (χ2v) is 12.8. The highest BCUT2D eigenvalue weighted by molar-refractivity contribution is 5.45. The lowest BCUT2D eigenvalue weighted by Crippen LogP contribution is -2.53. The first-order valence-electron chi connectivity index (χ1n) is 14.4. The third-order valence-electron chi connectivity index (χ3n) is 11.5. The van der Waals surface area contributed by atoms with Crippen LogP contribution in [0.1, 0.15) is 83.6 Å². The van der Waals surface area contributed by atoms with Crippen LogP contribution >= 0.6 is 0 Å². The first-order chi connectivity index (χ1) is 16.9. The minimum atomic E-state index is -0.509. The van der Waals surface area contributed by atoms with Crippen molar-refractivity contribution in [1.29, 1.82) is 0 Å². The van der Waals surface area contributed by atoms with Gasteiger partial charge in [0, 0.05) is 10.8 Å². The monoisotopic (exact) mass is 468 g/mol. The summed E-state index contributed by atoms with van der Waals surface area (Å²) in [5.74, 6) is 1.93. The molecule has 3 fully saturated rings. The van der Waals surface area contributed by atoms with Gasteiger partial charge in [0.15, 0.2) is 0 Å². The molecule has 5 aliphatic rings. The van der Waals surface area contributed by atoms with Crippen LogP contribution in [0, 0.1) is 34.5 Å². The minimum absolute atomic E-state index is 0.198. The first kappa shape index (κ1) is 23.5. The standard InChI is InChI=1S/C34H44O/c1-24(2)27-16-21-32-18-8-12-29-30(17-22-33(29,32)20-15-25(3)31(32)23-27)34(35)19-7-11-28(34)14-13-26-9-5-4-6-10-26/h4-6,8-10,12,15,20,27-30,35H,1,7,11,13-14,16-19,21-23H2,2-3H3/t27-,28-,29+,30-,32+,33+,34-/m1/s1. The fourth-order valence-corrected chi connectivity index (χ4v) is 9.63. The lowest BCUT2D eigenvalue weighted by molar-refractivity contribution is -0.0775.